The Morgan fingerprint density at radius 1 is 1.07 bits per heavy atom. The molecular weight excluding hydrogens is 413 g/mol. The van der Waals surface area contributed by atoms with Crippen molar-refractivity contribution in [1.29, 1.82) is 0 Å². The predicted molar refractivity (Wildman–Crippen MR) is 106 cm³/mol. The molecule has 1 aromatic rings. The lowest BCUT2D eigenvalue weighted by Gasteiger charge is -2.31. The first-order valence-corrected chi connectivity index (χ1v) is 11.8. The van der Waals surface area contributed by atoms with Crippen LogP contribution in [0.2, 0.25) is 0 Å². The van der Waals surface area contributed by atoms with E-state index in [1.54, 1.807) is 0 Å². The fourth-order valence-corrected chi connectivity index (χ4v) is 5.60. The summed E-state index contributed by atoms with van der Waals surface area (Å²) in [6.45, 7) is 0.532. The first-order valence-electron chi connectivity index (χ1n) is 10.4. The molecule has 1 aliphatic heterocycles. The van der Waals surface area contributed by atoms with Gasteiger partial charge in [0.05, 0.1) is 11.3 Å². The number of sulfonamides is 1. The summed E-state index contributed by atoms with van der Waals surface area (Å²) in [5.41, 5.74) is 4.64. The standard InChI is InChI=1S/C20H28FN3O5S/c21-17-8-10-18(11-9-17)30(27,28)24-12-4-5-15(14-24)13-19(25)29-23-22-20(26)16-6-2-1-3-7-16/h8-11,15-16,23H,1-7,12-14H2,(H,22,26). The van der Waals surface area contributed by atoms with Crippen LogP contribution in [0.1, 0.15) is 51.4 Å². The predicted octanol–water partition coefficient (Wildman–Crippen LogP) is 2.28. The van der Waals surface area contributed by atoms with Gasteiger partial charge in [-0.05, 0) is 55.9 Å². The smallest absolute Gasteiger partial charge is 0.327 e. The van der Waals surface area contributed by atoms with Gasteiger partial charge < -0.3 is 4.84 Å². The topological polar surface area (TPSA) is 105 Å². The fraction of sp³-hybridized carbons (Fsp3) is 0.600. The molecule has 1 unspecified atom stereocenters. The van der Waals surface area contributed by atoms with E-state index in [1.165, 1.54) is 16.4 Å². The molecule has 1 aliphatic carbocycles. The van der Waals surface area contributed by atoms with Gasteiger partial charge in [-0.15, -0.1) is 0 Å². The van der Waals surface area contributed by atoms with Crippen molar-refractivity contribution in [3.05, 3.63) is 30.1 Å². The summed E-state index contributed by atoms with van der Waals surface area (Å²) >= 11 is 0. The summed E-state index contributed by atoms with van der Waals surface area (Å²) in [6.07, 6.45) is 6.20. The molecular formula is C20H28FN3O5S. The zero-order chi connectivity index (χ0) is 21.6. The van der Waals surface area contributed by atoms with Gasteiger partial charge in [-0.3, -0.25) is 15.0 Å². The third kappa shape index (κ3) is 5.99. The van der Waals surface area contributed by atoms with Crippen LogP contribution in [0.4, 0.5) is 4.39 Å². The molecule has 166 valence electrons. The number of carbonyl (C=O) groups excluding carboxylic acids is 2. The molecule has 1 atom stereocenters. The summed E-state index contributed by atoms with van der Waals surface area (Å²) in [4.78, 5) is 29.0. The Labute approximate surface area is 176 Å². The van der Waals surface area contributed by atoms with Crippen LogP contribution in [0.3, 0.4) is 0 Å². The lowest BCUT2D eigenvalue weighted by molar-refractivity contribution is -0.157. The summed E-state index contributed by atoms with van der Waals surface area (Å²) < 4.78 is 39.9. The molecule has 0 bridgehead atoms. The Morgan fingerprint density at radius 2 is 1.77 bits per heavy atom. The van der Waals surface area contributed by atoms with E-state index < -0.39 is 21.8 Å². The van der Waals surface area contributed by atoms with Crippen LogP contribution in [0, 0.1) is 17.7 Å². The molecule has 0 spiro atoms. The van der Waals surface area contributed by atoms with Crippen molar-refractivity contribution in [2.45, 2.75) is 56.3 Å². The van der Waals surface area contributed by atoms with E-state index in [0.717, 1.165) is 44.2 Å². The number of amides is 1. The third-order valence-corrected chi connectivity index (χ3v) is 7.58. The molecule has 2 N–H and O–H groups in total. The van der Waals surface area contributed by atoms with Gasteiger partial charge in [0, 0.05) is 19.0 Å². The number of hydrogen-bond donors (Lipinski definition) is 2. The highest BCUT2D eigenvalue weighted by Crippen LogP contribution is 2.26. The molecule has 2 aliphatic rings. The Bertz CT molecular complexity index is 841. The van der Waals surface area contributed by atoms with Crippen LogP contribution >= 0.6 is 0 Å². The minimum absolute atomic E-state index is 0.0271. The van der Waals surface area contributed by atoms with Gasteiger partial charge in [0.15, 0.2) is 0 Å². The summed E-state index contributed by atoms with van der Waals surface area (Å²) in [7, 11) is -3.75. The molecule has 1 saturated carbocycles. The highest BCUT2D eigenvalue weighted by atomic mass is 32.2. The number of piperidine rings is 1. The van der Waals surface area contributed by atoms with Crippen molar-refractivity contribution >= 4 is 21.9 Å². The number of halogens is 1. The van der Waals surface area contributed by atoms with E-state index in [1.807, 2.05) is 0 Å². The highest BCUT2D eigenvalue weighted by molar-refractivity contribution is 7.89. The number of nitrogens with zero attached hydrogens (tertiary/aromatic N) is 1. The number of benzene rings is 1. The van der Waals surface area contributed by atoms with Gasteiger partial charge in [0.25, 0.3) is 0 Å². The van der Waals surface area contributed by atoms with Crippen LogP contribution in [0.25, 0.3) is 0 Å². The molecule has 1 heterocycles. The second kappa shape index (κ2) is 10.3. The van der Waals surface area contributed by atoms with Crippen LogP contribution in [0.15, 0.2) is 29.2 Å². The minimum Gasteiger partial charge on any atom is -0.351 e. The molecule has 0 radical (unpaired) electrons. The molecule has 0 aromatic heterocycles. The molecule has 1 amide bonds. The Balaban J connectivity index is 1.45. The van der Waals surface area contributed by atoms with E-state index in [9.17, 15) is 22.4 Å². The number of nitrogens with one attached hydrogen (secondary N) is 2. The quantitative estimate of drug-likeness (QED) is 0.629. The zero-order valence-corrected chi connectivity index (χ0v) is 17.6. The Hall–Kier alpha value is -2.04. The monoisotopic (exact) mass is 441 g/mol. The first-order chi connectivity index (χ1) is 14.4. The summed E-state index contributed by atoms with van der Waals surface area (Å²) in [5.74, 6) is -1.51. The van der Waals surface area contributed by atoms with Crippen molar-refractivity contribution < 1.29 is 27.2 Å². The van der Waals surface area contributed by atoms with Gasteiger partial charge in [-0.25, -0.2) is 12.8 Å². The number of rotatable bonds is 7. The van der Waals surface area contributed by atoms with Crippen molar-refractivity contribution in [2.24, 2.45) is 11.8 Å². The van der Waals surface area contributed by atoms with Gasteiger partial charge in [-0.2, -0.15) is 4.31 Å². The Morgan fingerprint density at radius 3 is 2.47 bits per heavy atom. The number of carbonyl (C=O) groups is 2. The van der Waals surface area contributed by atoms with E-state index in [2.05, 4.69) is 11.0 Å². The van der Waals surface area contributed by atoms with Gasteiger partial charge in [-0.1, -0.05) is 24.9 Å². The molecule has 8 nitrogen and oxygen atoms in total. The molecule has 2 fully saturated rings. The first kappa shape index (κ1) is 22.6. The van der Waals surface area contributed by atoms with Crippen molar-refractivity contribution in [2.75, 3.05) is 13.1 Å². The molecule has 1 saturated heterocycles. The van der Waals surface area contributed by atoms with Gasteiger partial charge >= 0.3 is 5.97 Å². The van der Waals surface area contributed by atoms with E-state index >= 15 is 0 Å². The fourth-order valence-electron chi connectivity index (χ4n) is 4.04. The van der Waals surface area contributed by atoms with E-state index in [0.29, 0.717) is 19.4 Å². The maximum Gasteiger partial charge on any atom is 0.327 e. The average Bonchev–Trinajstić information content (AvgIpc) is 2.75. The van der Waals surface area contributed by atoms with Crippen molar-refractivity contribution in [3.8, 4) is 0 Å². The maximum absolute atomic E-state index is 13.1. The van der Waals surface area contributed by atoms with Crippen LogP contribution < -0.4 is 11.0 Å². The SMILES string of the molecule is O=C(CC1CCCN(S(=O)(=O)c2ccc(F)cc2)C1)ONNC(=O)C1CCCCC1. The largest absolute Gasteiger partial charge is 0.351 e. The molecule has 10 heteroatoms. The van der Waals surface area contributed by atoms with Gasteiger partial charge in [0.2, 0.25) is 15.9 Å². The third-order valence-electron chi connectivity index (χ3n) is 5.70. The summed E-state index contributed by atoms with van der Waals surface area (Å²) in [6, 6.07) is 4.70. The average molecular weight is 442 g/mol. The van der Waals surface area contributed by atoms with E-state index in [4.69, 9.17) is 4.84 Å². The number of hydrazine groups is 1. The molecule has 1 aromatic carbocycles. The van der Waals surface area contributed by atoms with Crippen molar-refractivity contribution in [3.63, 3.8) is 0 Å². The lowest BCUT2D eigenvalue weighted by atomic mass is 9.89. The minimum atomic E-state index is -3.75. The van der Waals surface area contributed by atoms with Gasteiger partial charge in [0.1, 0.15) is 5.82 Å². The van der Waals surface area contributed by atoms with Crippen LogP contribution in [-0.2, 0) is 24.4 Å². The zero-order valence-electron chi connectivity index (χ0n) is 16.8. The summed E-state index contributed by atoms with van der Waals surface area (Å²) in [5, 5.41) is 0. The maximum atomic E-state index is 13.1. The van der Waals surface area contributed by atoms with Crippen LogP contribution in [0.5, 0.6) is 0 Å². The second-order valence-electron chi connectivity index (χ2n) is 7.93. The normalized spacial score (nSPS) is 21.2. The van der Waals surface area contributed by atoms with Crippen molar-refractivity contribution in [1.82, 2.24) is 15.3 Å². The lowest BCUT2D eigenvalue weighted by Crippen LogP contribution is -2.44. The Kier molecular flexibility index (Phi) is 7.79. The number of hydrogen-bond acceptors (Lipinski definition) is 6. The highest BCUT2D eigenvalue weighted by Gasteiger charge is 2.31. The van der Waals surface area contributed by atoms with E-state index in [-0.39, 0.29) is 35.6 Å². The molecule has 30 heavy (non-hydrogen) atoms. The second-order valence-corrected chi connectivity index (χ2v) is 9.87. The molecule has 3 rings (SSSR count). The van der Waals surface area contributed by atoms with Crippen LogP contribution in [-0.4, -0.2) is 37.7 Å².